The van der Waals surface area contributed by atoms with E-state index in [1.165, 1.54) is 24.1 Å². The van der Waals surface area contributed by atoms with E-state index in [-0.39, 0.29) is 0 Å². The molecule has 17 heavy (non-hydrogen) atoms. The van der Waals surface area contributed by atoms with Crippen LogP contribution < -0.4 is 5.32 Å². The predicted molar refractivity (Wildman–Crippen MR) is 77.0 cm³/mol. The summed E-state index contributed by atoms with van der Waals surface area (Å²) < 4.78 is 0.903. The minimum Gasteiger partial charge on any atom is -0.314 e. The Morgan fingerprint density at radius 2 is 2.12 bits per heavy atom. The molecule has 0 radical (unpaired) electrons. The van der Waals surface area contributed by atoms with Crippen molar-refractivity contribution in [1.29, 1.82) is 0 Å². The third kappa shape index (κ3) is 3.97. The van der Waals surface area contributed by atoms with Crippen LogP contribution in [0.15, 0.2) is 12.1 Å². The van der Waals surface area contributed by atoms with Crippen molar-refractivity contribution in [2.45, 2.75) is 45.6 Å². The highest BCUT2D eigenvalue weighted by Crippen LogP contribution is 2.29. The highest BCUT2D eigenvalue weighted by molar-refractivity contribution is 7.16. The minimum absolute atomic E-state index is 0.733. The van der Waals surface area contributed by atoms with E-state index >= 15 is 0 Å². The molecule has 2 rings (SSSR count). The van der Waals surface area contributed by atoms with Crippen molar-refractivity contribution >= 4 is 22.9 Å². The van der Waals surface area contributed by atoms with Gasteiger partial charge in [-0.25, -0.2) is 0 Å². The Bertz CT molecular complexity index is 350. The summed E-state index contributed by atoms with van der Waals surface area (Å²) in [5.74, 6) is 1.78. The van der Waals surface area contributed by atoms with Gasteiger partial charge in [-0.3, -0.25) is 0 Å². The predicted octanol–water partition coefficient (Wildman–Crippen LogP) is 4.36. The first-order chi connectivity index (χ1) is 8.15. The molecule has 1 aromatic heterocycles. The van der Waals surface area contributed by atoms with Crippen LogP contribution in [-0.4, -0.2) is 12.6 Å². The summed E-state index contributed by atoms with van der Waals surface area (Å²) in [6, 6.07) is 4.86. The van der Waals surface area contributed by atoms with Crippen LogP contribution in [0.2, 0.25) is 4.34 Å². The summed E-state index contributed by atoms with van der Waals surface area (Å²) in [5, 5.41) is 3.69. The maximum Gasteiger partial charge on any atom is 0.0931 e. The first-order valence-corrected chi connectivity index (χ1v) is 7.82. The summed E-state index contributed by atoms with van der Waals surface area (Å²) in [4.78, 5) is 1.39. The molecule has 3 unspecified atom stereocenters. The molecule has 1 aliphatic rings. The van der Waals surface area contributed by atoms with Crippen molar-refractivity contribution in [2.24, 2.45) is 11.8 Å². The maximum absolute atomic E-state index is 5.92. The third-order valence-electron chi connectivity index (χ3n) is 4.03. The molecule has 3 atom stereocenters. The number of hydrogen-bond donors (Lipinski definition) is 1. The summed E-state index contributed by atoms with van der Waals surface area (Å²) in [6.45, 7) is 5.86. The molecule has 0 bridgehead atoms. The maximum atomic E-state index is 5.92. The van der Waals surface area contributed by atoms with E-state index in [1.54, 1.807) is 11.3 Å². The standard InChI is InChI=1S/C14H22ClNS/c1-10-3-4-12(9-11(10)2)16-8-7-13-5-6-14(15)17-13/h5-6,10-12,16H,3-4,7-9H2,1-2H3. The molecule has 96 valence electrons. The number of halogens is 1. The Kier molecular flexibility index (Phi) is 4.89. The molecule has 3 heteroatoms. The van der Waals surface area contributed by atoms with Gasteiger partial charge in [0.2, 0.25) is 0 Å². The molecule has 1 saturated carbocycles. The lowest BCUT2D eigenvalue weighted by molar-refractivity contribution is 0.227. The van der Waals surface area contributed by atoms with Crippen LogP contribution in [-0.2, 0) is 6.42 Å². The second-order valence-corrected chi connectivity index (χ2v) is 7.17. The van der Waals surface area contributed by atoms with E-state index in [9.17, 15) is 0 Å². The van der Waals surface area contributed by atoms with Crippen LogP contribution in [0.5, 0.6) is 0 Å². The van der Waals surface area contributed by atoms with Gasteiger partial charge in [-0.05, 0) is 49.7 Å². The number of thiophene rings is 1. The lowest BCUT2D eigenvalue weighted by Crippen LogP contribution is -2.37. The Morgan fingerprint density at radius 1 is 1.29 bits per heavy atom. The lowest BCUT2D eigenvalue weighted by atomic mass is 9.79. The molecule has 1 nitrogen and oxygen atoms in total. The SMILES string of the molecule is CC1CCC(NCCc2ccc(Cl)s2)CC1C. The fourth-order valence-electron chi connectivity index (χ4n) is 2.62. The van der Waals surface area contributed by atoms with Gasteiger partial charge in [0.05, 0.1) is 4.34 Å². The molecule has 1 fully saturated rings. The fraction of sp³-hybridized carbons (Fsp3) is 0.714. The summed E-state index contributed by atoms with van der Waals surface area (Å²) in [7, 11) is 0. The van der Waals surface area contributed by atoms with E-state index in [0.29, 0.717) is 0 Å². The highest BCUT2D eigenvalue weighted by Gasteiger charge is 2.23. The average Bonchev–Trinajstić information content (AvgIpc) is 2.70. The van der Waals surface area contributed by atoms with Crippen LogP contribution in [0.25, 0.3) is 0 Å². The van der Waals surface area contributed by atoms with Gasteiger partial charge >= 0.3 is 0 Å². The van der Waals surface area contributed by atoms with E-state index in [1.807, 2.05) is 6.07 Å². The van der Waals surface area contributed by atoms with Crippen LogP contribution in [0.1, 0.15) is 38.0 Å². The van der Waals surface area contributed by atoms with Crippen LogP contribution >= 0.6 is 22.9 Å². The first-order valence-electron chi connectivity index (χ1n) is 6.62. The van der Waals surface area contributed by atoms with Crippen LogP contribution in [0.4, 0.5) is 0 Å². The van der Waals surface area contributed by atoms with Gasteiger partial charge in [-0.15, -0.1) is 11.3 Å². The zero-order valence-electron chi connectivity index (χ0n) is 10.7. The molecule has 0 spiro atoms. The molecule has 0 amide bonds. The summed E-state index contributed by atoms with van der Waals surface area (Å²) >= 11 is 7.62. The molecule has 1 heterocycles. The van der Waals surface area contributed by atoms with Crippen molar-refractivity contribution in [3.8, 4) is 0 Å². The van der Waals surface area contributed by atoms with Gasteiger partial charge in [0, 0.05) is 17.5 Å². The van der Waals surface area contributed by atoms with Crippen molar-refractivity contribution in [3.05, 3.63) is 21.3 Å². The third-order valence-corrected chi connectivity index (χ3v) is 5.32. The number of hydrogen-bond acceptors (Lipinski definition) is 2. The lowest BCUT2D eigenvalue weighted by Gasteiger charge is -2.32. The second-order valence-electron chi connectivity index (χ2n) is 5.37. The molecule has 1 aliphatic carbocycles. The quantitative estimate of drug-likeness (QED) is 0.858. The zero-order chi connectivity index (χ0) is 12.3. The Morgan fingerprint density at radius 3 is 2.76 bits per heavy atom. The molecular formula is C14H22ClNS. The molecule has 0 aliphatic heterocycles. The summed E-state index contributed by atoms with van der Waals surface area (Å²) in [5.41, 5.74) is 0. The van der Waals surface area contributed by atoms with Gasteiger partial charge in [-0.1, -0.05) is 25.4 Å². The monoisotopic (exact) mass is 271 g/mol. The van der Waals surface area contributed by atoms with Gasteiger partial charge in [-0.2, -0.15) is 0 Å². The molecular weight excluding hydrogens is 250 g/mol. The Hall–Kier alpha value is -0.0500. The topological polar surface area (TPSA) is 12.0 Å². The van der Waals surface area contributed by atoms with Crippen LogP contribution in [0.3, 0.4) is 0 Å². The smallest absolute Gasteiger partial charge is 0.0931 e. The molecule has 0 saturated heterocycles. The zero-order valence-corrected chi connectivity index (χ0v) is 12.3. The fourth-order valence-corrected chi connectivity index (χ4v) is 3.71. The average molecular weight is 272 g/mol. The van der Waals surface area contributed by atoms with Crippen molar-refractivity contribution < 1.29 is 0 Å². The van der Waals surface area contributed by atoms with E-state index in [2.05, 4.69) is 25.2 Å². The largest absolute Gasteiger partial charge is 0.314 e. The van der Waals surface area contributed by atoms with E-state index in [4.69, 9.17) is 11.6 Å². The molecule has 1 aromatic rings. The molecule has 1 N–H and O–H groups in total. The summed E-state index contributed by atoms with van der Waals surface area (Å²) in [6.07, 6.45) is 5.17. The van der Waals surface area contributed by atoms with Gasteiger partial charge in [0.15, 0.2) is 0 Å². The van der Waals surface area contributed by atoms with E-state index < -0.39 is 0 Å². The Balaban J connectivity index is 1.69. The normalized spacial score (nSPS) is 29.5. The van der Waals surface area contributed by atoms with E-state index in [0.717, 1.165) is 35.2 Å². The van der Waals surface area contributed by atoms with Crippen molar-refractivity contribution in [2.75, 3.05) is 6.54 Å². The first kappa shape index (κ1) is 13.4. The highest BCUT2D eigenvalue weighted by atomic mass is 35.5. The molecule has 0 aromatic carbocycles. The minimum atomic E-state index is 0.733. The Labute approximate surface area is 114 Å². The van der Waals surface area contributed by atoms with Crippen molar-refractivity contribution in [1.82, 2.24) is 5.32 Å². The van der Waals surface area contributed by atoms with Crippen LogP contribution in [0, 0.1) is 11.8 Å². The van der Waals surface area contributed by atoms with Gasteiger partial charge in [0.1, 0.15) is 0 Å². The second kappa shape index (κ2) is 6.21. The van der Waals surface area contributed by atoms with Crippen molar-refractivity contribution in [3.63, 3.8) is 0 Å². The number of nitrogens with one attached hydrogen (secondary N) is 1. The van der Waals surface area contributed by atoms with Gasteiger partial charge < -0.3 is 5.32 Å². The number of rotatable bonds is 4. The van der Waals surface area contributed by atoms with Gasteiger partial charge in [0.25, 0.3) is 0 Å².